The Hall–Kier alpha value is -1.52. The van der Waals surface area contributed by atoms with E-state index in [2.05, 4.69) is 10.6 Å². The molecule has 0 unspecified atom stereocenters. The SMILES string of the molecule is CCCNC(=O)/C(Cl)=C(/Cl)C(=O)Nc1cccc(C)c1. The summed E-state index contributed by atoms with van der Waals surface area (Å²) in [6, 6.07) is 7.21. The number of hydrogen-bond donors (Lipinski definition) is 2. The van der Waals surface area contributed by atoms with Gasteiger partial charge >= 0.3 is 0 Å². The van der Waals surface area contributed by atoms with Gasteiger partial charge in [0.25, 0.3) is 11.8 Å². The number of nitrogens with one attached hydrogen (secondary N) is 2. The monoisotopic (exact) mass is 314 g/mol. The molecule has 1 aromatic rings. The van der Waals surface area contributed by atoms with Crippen LogP contribution in [0.15, 0.2) is 34.3 Å². The van der Waals surface area contributed by atoms with Crippen LogP contribution >= 0.6 is 23.2 Å². The summed E-state index contributed by atoms with van der Waals surface area (Å²) in [5.41, 5.74) is 1.58. The fraction of sp³-hybridized carbons (Fsp3) is 0.286. The number of amides is 2. The van der Waals surface area contributed by atoms with E-state index in [-0.39, 0.29) is 10.1 Å². The molecule has 0 aliphatic carbocycles. The third kappa shape index (κ3) is 4.87. The first-order chi connectivity index (χ1) is 9.45. The van der Waals surface area contributed by atoms with Crippen molar-refractivity contribution in [3.05, 3.63) is 39.9 Å². The van der Waals surface area contributed by atoms with Crippen molar-refractivity contribution >= 4 is 40.7 Å². The molecule has 0 fully saturated rings. The summed E-state index contributed by atoms with van der Waals surface area (Å²) in [5.74, 6) is -1.17. The molecule has 0 aliphatic heterocycles. The number of rotatable bonds is 5. The van der Waals surface area contributed by atoms with Crippen LogP contribution in [0.4, 0.5) is 5.69 Å². The largest absolute Gasteiger partial charge is 0.351 e. The molecule has 2 N–H and O–H groups in total. The average molecular weight is 315 g/mol. The lowest BCUT2D eigenvalue weighted by Gasteiger charge is -2.07. The lowest BCUT2D eigenvalue weighted by molar-refractivity contribution is -0.117. The molecule has 0 heterocycles. The Balaban J connectivity index is 2.77. The highest BCUT2D eigenvalue weighted by Crippen LogP contribution is 2.17. The maximum absolute atomic E-state index is 11.9. The summed E-state index contributed by atoms with van der Waals surface area (Å²) < 4.78 is 0. The molecule has 0 spiro atoms. The van der Waals surface area contributed by atoms with Crippen LogP contribution in [0.2, 0.25) is 0 Å². The highest BCUT2D eigenvalue weighted by atomic mass is 35.5. The number of anilines is 1. The Morgan fingerprint density at radius 2 is 1.80 bits per heavy atom. The van der Waals surface area contributed by atoms with Crippen molar-refractivity contribution in [1.29, 1.82) is 0 Å². The molecule has 1 aromatic carbocycles. The Labute approximate surface area is 128 Å². The van der Waals surface area contributed by atoms with Gasteiger partial charge in [-0.3, -0.25) is 9.59 Å². The van der Waals surface area contributed by atoms with E-state index in [0.29, 0.717) is 12.2 Å². The minimum atomic E-state index is -0.617. The first-order valence-electron chi connectivity index (χ1n) is 6.17. The minimum Gasteiger partial charge on any atom is -0.351 e. The maximum atomic E-state index is 11.9. The van der Waals surface area contributed by atoms with E-state index in [1.807, 2.05) is 19.9 Å². The number of aryl methyl sites for hydroxylation is 1. The smallest absolute Gasteiger partial charge is 0.268 e. The predicted octanol–water partition coefficient (Wildman–Crippen LogP) is 3.15. The minimum absolute atomic E-state index is 0.315. The lowest BCUT2D eigenvalue weighted by atomic mass is 10.2. The van der Waals surface area contributed by atoms with Gasteiger partial charge in [0.1, 0.15) is 10.1 Å². The number of benzene rings is 1. The van der Waals surface area contributed by atoms with Gasteiger partial charge < -0.3 is 10.6 Å². The molecular weight excluding hydrogens is 299 g/mol. The highest BCUT2D eigenvalue weighted by molar-refractivity contribution is 6.54. The molecule has 2 amide bonds. The van der Waals surface area contributed by atoms with Gasteiger partial charge in [0.2, 0.25) is 0 Å². The fourth-order valence-electron chi connectivity index (χ4n) is 1.42. The van der Waals surface area contributed by atoms with Gasteiger partial charge in [-0.25, -0.2) is 0 Å². The van der Waals surface area contributed by atoms with Crippen molar-refractivity contribution in [2.45, 2.75) is 20.3 Å². The van der Waals surface area contributed by atoms with Crippen LogP contribution in [0, 0.1) is 6.92 Å². The van der Waals surface area contributed by atoms with E-state index >= 15 is 0 Å². The number of halogens is 2. The standard InChI is InChI=1S/C14H16Cl2N2O2/c1-3-7-17-13(19)11(15)12(16)14(20)18-10-6-4-5-9(2)8-10/h4-6,8H,3,7H2,1-2H3,(H,17,19)(H,18,20)/b12-11-. The van der Waals surface area contributed by atoms with Gasteiger partial charge in [0.05, 0.1) is 0 Å². The third-order valence-electron chi connectivity index (χ3n) is 2.40. The molecule has 6 heteroatoms. The summed E-state index contributed by atoms with van der Waals surface area (Å²) >= 11 is 11.6. The molecule has 0 atom stereocenters. The first kappa shape index (κ1) is 16.5. The van der Waals surface area contributed by atoms with Crippen LogP contribution in [0.1, 0.15) is 18.9 Å². The van der Waals surface area contributed by atoms with E-state index in [0.717, 1.165) is 12.0 Å². The topological polar surface area (TPSA) is 58.2 Å². The third-order valence-corrected chi connectivity index (χ3v) is 3.22. The fourth-order valence-corrected chi connectivity index (χ4v) is 1.71. The number of carbonyl (C=O) groups excluding carboxylic acids is 2. The quantitative estimate of drug-likeness (QED) is 0.820. The molecule has 4 nitrogen and oxygen atoms in total. The highest BCUT2D eigenvalue weighted by Gasteiger charge is 2.17. The summed E-state index contributed by atoms with van der Waals surface area (Å²) in [6.45, 7) is 4.28. The van der Waals surface area contributed by atoms with Gasteiger partial charge in [0.15, 0.2) is 0 Å². The van der Waals surface area contributed by atoms with Gasteiger partial charge in [-0.15, -0.1) is 0 Å². The Morgan fingerprint density at radius 1 is 1.15 bits per heavy atom. The predicted molar refractivity (Wildman–Crippen MR) is 81.8 cm³/mol. The van der Waals surface area contributed by atoms with Gasteiger partial charge in [-0.2, -0.15) is 0 Å². The molecule has 0 aliphatic rings. The number of hydrogen-bond acceptors (Lipinski definition) is 2. The molecule has 0 radical (unpaired) electrons. The van der Waals surface area contributed by atoms with Crippen molar-refractivity contribution in [2.75, 3.05) is 11.9 Å². The average Bonchev–Trinajstić information content (AvgIpc) is 2.43. The first-order valence-corrected chi connectivity index (χ1v) is 6.92. The van der Waals surface area contributed by atoms with E-state index < -0.39 is 11.8 Å². The molecule has 0 saturated heterocycles. The van der Waals surface area contributed by atoms with Crippen molar-refractivity contribution in [3.8, 4) is 0 Å². The zero-order valence-electron chi connectivity index (χ0n) is 11.3. The second kappa shape index (κ2) is 7.92. The Morgan fingerprint density at radius 3 is 2.40 bits per heavy atom. The summed E-state index contributed by atoms with van der Waals surface area (Å²) in [6.07, 6.45) is 0.767. The van der Waals surface area contributed by atoms with E-state index in [9.17, 15) is 9.59 Å². The van der Waals surface area contributed by atoms with Crippen LogP contribution in [-0.2, 0) is 9.59 Å². The molecule has 0 bridgehead atoms. The van der Waals surface area contributed by atoms with Crippen molar-refractivity contribution in [1.82, 2.24) is 5.32 Å². The second-order valence-electron chi connectivity index (χ2n) is 4.21. The van der Waals surface area contributed by atoms with Crippen molar-refractivity contribution in [3.63, 3.8) is 0 Å². The molecule has 0 saturated carbocycles. The maximum Gasteiger partial charge on any atom is 0.268 e. The van der Waals surface area contributed by atoms with Gasteiger partial charge in [-0.1, -0.05) is 42.3 Å². The van der Waals surface area contributed by atoms with E-state index in [1.165, 1.54) is 0 Å². The van der Waals surface area contributed by atoms with Gasteiger partial charge in [-0.05, 0) is 31.0 Å². The van der Waals surface area contributed by atoms with E-state index in [1.54, 1.807) is 18.2 Å². The zero-order valence-corrected chi connectivity index (χ0v) is 12.8. The molecule has 1 rings (SSSR count). The van der Waals surface area contributed by atoms with Crippen LogP contribution < -0.4 is 10.6 Å². The summed E-state index contributed by atoms with van der Waals surface area (Å²) in [4.78, 5) is 23.5. The van der Waals surface area contributed by atoms with Crippen LogP contribution in [0.5, 0.6) is 0 Å². The number of carbonyl (C=O) groups is 2. The van der Waals surface area contributed by atoms with Crippen molar-refractivity contribution in [2.24, 2.45) is 0 Å². The van der Waals surface area contributed by atoms with Crippen LogP contribution in [0.3, 0.4) is 0 Å². The molecule has 108 valence electrons. The van der Waals surface area contributed by atoms with Crippen LogP contribution in [0.25, 0.3) is 0 Å². The zero-order chi connectivity index (χ0) is 15.1. The normalized spacial score (nSPS) is 11.6. The second-order valence-corrected chi connectivity index (χ2v) is 4.96. The Kier molecular flexibility index (Phi) is 6.55. The summed E-state index contributed by atoms with van der Waals surface area (Å²) in [7, 11) is 0. The Bertz CT molecular complexity index is 542. The van der Waals surface area contributed by atoms with Gasteiger partial charge in [0, 0.05) is 12.2 Å². The molecule has 0 aromatic heterocycles. The molecule has 20 heavy (non-hydrogen) atoms. The lowest BCUT2D eigenvalue weighted by Crippen LogP contribution is -2.26. The van der Waals surface area contributed by atoms with E-state index in [4.69, 9.17) is 23.2 Å². The summed E-state index contributed by atoms with van der Waals surface area (Å²) in [5, 5.41) is 4.48. The molecular formula is C14H16Cl2N2O2. The van der Waals surface area contributed by atoms with Crippen LogP contribution in [-0.4, -0.2) is 18.4 Å². The van der Waals surface area contributed by atoms with Crippen molar-refractivity contribution < 1.29 is 9.59 Å².